The standard InChI is InChI=1S/C16H20FNO3/c1-4-6-18-16(11-5-7-21-10-11)12-8-14(19-2)15(20-3)9-13(12)17/h5,7-10,16,18H,4,6H2,1-3H3. The molecule has 0 bridgehead atoms. The molecule has 0 aliphatic rings. The molecule has 1 aromatic heterocycles. The third kappa shape index (κ3) is 3.36. The van der Waals surface area contributed by atoms with Gasteiger partial charge in [-0.05, 0) is 25.1 Å². The molecule has 5 heteroatoms. The minimum atomic E-state index is -0.345. The highest BCUT2D eigenvalue weighted by Gasteiger charge is 2.21. The minimum Gasteiger partial charge on any atom is -0.493 e. The van der Waals surface area contributed by atoms with Gasteiger partial charge in [-0.15, -0.1) is 0 Å². The van der Waals surface area contributed by atoms with E-state index in [-0.39, 0.29) is 11.9 Å². The van der Waals surface area contributed by atoms with E-state index < -0.39 is 0 Å². The van der Waals surface area contributed by atoms with Gasteiger partial charge < -0.3 is 19.2 Å². The summed E-state index contributed by atoms with van der Waals surface area (Å²) >= 11 is 0. The summed E-state index contributed by atoms with van der Waals surface area (Å²) in [7, 11) is 3.02. The van der Waals surface area contributed by atoms with Crippen LogP contribution < -0.4 is 14.8 Å². The Morgan fingerprint density at radius 1 is 1.24 bits per heavy atom. The Labute approximate surface area is 123 Å². The lowest BCUT2D eigenvalue weighted by atomic mass is 9.99. The van der Waals surface area contributed by atoms with E-state index in [2.05, 4.69) is 12.2 Å². The maximum absolute atomic E-state index is 14.4. The summed E-state index contributed by atoms with van der Waals surface area (Å²) in [6, 6.07) is 4.54. The van der Waals surface area contributed by atoms with Crippen LogP contribution in [-0.2, 0) is 0 Å². The van der Waals surface area contributed by atoms with E-state index in [1.54, 1.807) is 18.6 Å². The number of nitrogens with one attached hydrogen (secondary N) is 1. The van der Waals surface area contributed by atoms with Gasteiger partial charge in [0.05, 0.1) is 32.8 Å². The fourth-order valence-corrected chi connectivity index (χ4v) is 2.23. The molecule has 0 spiro atoms. The van der Waals surface area contributed by atoms with Gasteiger partial charge in [0.15, 0.2) is 11.5 Å². The first-order valence-electron chi connectivity index (χ1n) is 6.88. The van der Waals surface area contributed by atoms with Crippen LogP contribution in [0, 0.1) is 5.82 Å². The van der Waals surface area contributed by atoms with Crippen molar-refractivity contribution in [2.24, 2.45) is 0 Å². The van der Waals surface area contributed by atoms with Crippen molar-refractivity contribution in [1.29, 1.82) is 0 Å². The first-order valence-corrected chi connectivity index (χ1v) is 6.88. The van der Waals surface area contributed by atoms with Crippen LogP contribution in [-0.4, -0.2) is 20.8 Å². The van der Waals surface area contributed by atoms with E-state index in [1.165, 1.54) is 20.3 Å². The van der Waals surface area contributed by atoms with Gasteiger partial charge in [-0.3, -0.25) is 0 Å². The lowest BCUT2D eigenvalue weighted by Crippen LogP contribution is -2.23. The van der Waals surface area contributed by atoms with Crippen molar-refractivity contribution in [3.05, 3.63) is 47.7 Å². The van der Waals surface area contributed by atoms with Crippen LogP contribution in [0.4, 0.5) is 4.39 Å². The van der Waals surface area contributed by atoms with E-state index in [9.17, 15) is 4.39 Å². The van der Waals surface area contributed by atoms with Crippen LogP contribution in [0.2, 0.25) is 0 Å². The smallest absolute Gasteiger partial charge is 0.163 e. The van der Waals surface area contributed by atoms with Gasteiger partial charge in [0.25, 0.3) is 0 Å². The Morgan fingerprint density at radius 3 is 2.52 bits per heavy atom. The summed E-state index contributed by atoms with van der Waals surface area (Å²) in [5.41, 5.74) is 1.37. The Kier molecular flexibility index (Phi) is 5.22. The van der Waals surface area contributed by atoms with Crippen molar-refractivity contribution in [2.75, 3.05) is 20.8 Å². The quantitative estimate of drug-likeness (QED) is 0.848. The topological polar surface area (TPSA) is 43.6 Å². The molecule has 0 aliphatic carbocycles. The predicted molar refractivity (Wildman–Crippen MR) is 78.3 cm³/mol. The number of rotatable bonds is 7. The molecular weight excluding hydrogens is 273 g/mol. The van der Waals surface area contributed by atoms with Crippen LogP contribution in [0.1, 0.15) is 30.5 Å². The van der Waals surface area contributed by atoms with E-state index >= 15 is 0 Å². The summed E-state index contributed by atoms with van der Waals surface area (Å²) in [6.07, 6.45) is 4.14. The van der Waals surface area contributed by atoms with Crippen LogP contribution in [0.15, 0.2) is 35.1 Å². The number of benzene rings is 1. The fourth-order valence-electron chi connectivity index (χ4n) is 2.23. The third-order valence-electron chi connectivity index (χ3n) is 3.29. The van der Waals surface area contributed by atoms with Gasteiger partial charge in [0.2, 0.25) is 0 Å². The minimum absolute atomic E-state index is 0.288. The highest BCUT2D eigenvalue weighted by molar-refractivity contribution is 5.46. The molecule has 21 heavy (non-hydrogen) atoms. The molecule has 0 amide bonds. The molecule has 1 atom stereocenters. The molecule has 0 saturated carbocycles. The van der Waals surface area contributed by atoms with E-state index in [4.69, 9.17) is 13.9 Å². The number of hydrogen-bond donors (Lipinski definition) is 1. The lowest BCUT2D eigenvalue weighted by Gasteiger charge is -2.20. The predicted octanol–water partition coefficient (Wildman–Crippen LogP) is 3.52. The average molecular weight is 293 g/mol. The highest BCUT2D eigenvalue weighted by atomic mass is 19.1. The number of hydrogen-bond acceptors (Lipinski definition) is 4. The zero-order valence-electron chi connectivity index (χ0n) is 12.5. The van der Waals surface area contributed by atoms with Crippen LogP contribution >= 0.6 is 0 Å². The Bertz CT molecular complexity index is 569. The molecule has 1 unspecified atom stereocenters. The number of furan rings is 1. The summed E-state index contributed by atoms with van der Waals surface area (Å²) in [4.78, 5) is 0. The molecule has 0 radical (unpaired) electrons. The molecule has 2 rings (SSSR count). The zero-order chi connectivity index (χ0) is 15.2. The Balaban J connectivity index is 2.44. The number of halogens is 1. The molecule has 0 saturated heterocycles. The second-order valence-electron chi connectivity index (χ2n) is 4.67. The summed E-state index contributed by atoms with van der Waals surface area (Å²) < 4.78 is 29.9. The molecule has 1 aromatic carbocycles. The monoisotopic (exact) mass is 293 g/mol. The highest BCUT2D eigenvalue weighted by Crippen LogP contribution is 2.34. The number of ether oxygens (including phenoxy) is 2. The maximum atomic E-state index is 14.4. The van der Waals surface area contributed by atoms with E-state index in [0.717, 1.165) is 18.5 Å². The average Bonchev–Trinajstić information content (AvgIpc) is 3.02. The van der Waals surface area contributed by atoms with Gasteiger partial charge in [0.1, 0.15) is 5.82 Å². The van der Waals surface area contributed by atoms with Gasteiger partial charge in [-0.2, -0.15) is 0 Å². The Hall–Kier alpha value is -2.01. The zero-order valence-corrected chi connectivity index (χ0v) is 12.5. The maximum Gasteiger partial charge on any atom is 0.163 e. The molecule has 2 aromatic rings. The summed E-state index contributed by atoms with van der Waals surface area (Å²) in [5.74, 6) is 0.531. The summed E-state index contributed by atoms with van der Waals surface area (Å²) in [6.45, 7) is 2.83. The number of methoxy groups -OCH3 is 2. The van der Waals surface area contributed by atoms with Crippen LogP contribution in [0.25, 0.3) is 0 Å². The van der Waals surface area contributed by atoms with Gasteiger partial charge in [-0.1, -0.05) is 6.92 Å². The SMILES string of the molecule is CCCNC(c1ccoc1)c1cc(OC)c(OC)cc1F. The van der Waals surface area contributed by atoms with Gasteiger partial charge in [-0.25, -0.2) is 4.39 Å². The van der Waals surface area contributed by atoms with Crippen LogP contribution in [0.5, 0.6) is 11.5 Å². The lowest BCUT2D eigenvalue weighted by molar-refractivity contribution is 0.350. The van der Waals surface area contributed by atoms with Crippen molar-refractivity contribution in [2.45, 2.75) is 19.4 Å². The summed E-state index contributed by atoms with van der Waals surface area (Å²) in [5, 5.41) is 3.32. The van der Waals surface area contributed by atoms with Crippen molar-refractivity contribution in [1.82, 2.24) is 5.32 Å². The normalized spacial score (nSPS) is 12.2. The molecule has 1 heterocycles. The van der Waals surface area contributed by atoms with Crippen molar-refractivity contribution in [3.63, 3.8) is 0 Å². The molecule has 114 valence electrons. The van der Waals surface area contributed by atoms with E-state index in [0.29, 0.717) is 17.1 Å². The molecule has 0 fully saturated rings. The fraction of sp³-hybridized carbons (Fsp3) is 0.375. The molecular formula is C16H20FNO3. The van der Waals surface area contributed by atoms with Crippen molar-refractivity contribution >= 4 is 0 Å². The van der Waals surface area contributed by atoms with Gasteiger partial charge >= 0.3 is 0 Å². The van der Waals surface area contributed by atoms with E-state index in [1.807, 2.05) is 6.07 Å². The largest absolute Gasteiger partial charge is 0.493 e. The first-order chi connectivity index (χ1) is 10.2. The molecule has 1 N–H and O–H groups in total. The second-order valence-corrected chi connectivity index (χ2v) is 4.67. The Morgan fingerprint density at radius 2 is 1.95 bits per heavy atom. The van der Waals surface area contributed by atoms with Crippen molar-refractivity contribution in [3.8, 4) is 11.5 Å². The van der Waals surface area contributed by atoms with Gasteiger partial charge in [0, 0.05) is 17.2 Å². The third-order valence-corrected chi connectivity index (χ3v) is 3.29. The molecule has 0 aliphatic heterocycles. The first kappa shape index (κ1) is 15.4. The van der Waals surface area contributed by atoms with Crippen LogP contribution in [0.3, 0.4) is 0 Å². The second kappa shape index (κ2) is 7.13. The van der Waals surface area contributed by atoms with Crippen molar-refractivity contribution < 1.29 is 18.3 Å². The molecule has 4 nitrogen and oxygen atoms in total.